The number of aromatic nitrogens is 1. The van der Waals surface area contributed by atoms with Crippen LogP contribution in [0.5, 0.6) is 0 Å². The van der Waals surface area contributed by atoms with Gasteiger partial charge in [0.1, 0.15) is 0 Å². The molecule has 0 saturated carbocycles. The normalized spacial score (nSPS) is 23.4. The molecule has 0 aliphatic carbocycles. The summed E-state index contributed by atoms with van der Waals surface area (Å²) in [5, 5.41) is 3.18. The molecule has 1 aliphatic heterocycles. The maximum Gasteiger partial charge on any atom is 0.176 e. The van der Waals surface area contributed by atoms with Gasteiger partial charge in [0.05, 0.1) is 5.75 Å². The van der Waals surface area contributed by atoms with Crippen molar-refractivity contribution in [3.05, 3.63) is 36.2 Å². The third kappa shape index (κ3) is 2.95. The largest absolute Gasteiger partial charge is 0.291 e. The molecule has 0 amide bonds. The second-order valence-electron chi connectivity index (χ2n) is 4.21. The van der Waals surface area contributed by atoms with Crippen molar-refractivity contribution in [1.29, 1.82) is 0 Å². The van der Waals surface area contributed by atoms with Crippen LogP contribution in [-0.4, -0.2) is 30.7 Å². The summed E-state index contributed by atoms with van der Waals surface area (Å²) >= 11 is 0. The first-order valence-corrected chi connectivity index (χ1v) is 7.38. The molecule has 0 radical (unpaired) electrons. The van der Waals surface area contributed by atoms with Gasteiger partial charge in [0.15, 0.2) is 15.2 Å². The third-order valence-corrected chi connectivity index (χ3v) is 4.66. The molecule has 1 N–H and O–H groups in total. The van der Waals surface area contributed by atoms with Gasteiger partial charge in [-0.1, -0.05) is 25.1 Å². The molecule has 5 nitrogen and oxygen atoms in total. The van der Waals surface area contributed by atoms with E-state index in [1.54, 1.807) is 30.8 Å². The number of hydrazone groups is 1. The fraction of sp³-hybridized carbons (Fsp3) is 0.333. The number of nitrogens with zero attached hydrogens (tertiary/aromatic N) is 2. The van der Waals surface area contributed by atoms with Crippen molar-refractivity contribution in [2.75, 3.05) is 5.75 Å². The van der Waals surface area contributed by atoms with Crippen LogP contribution in [0.4, 0.5) is 0 Å². The minimum absolute atomic E-state index is 0.00669. The average molecular weight is 265 g/mol. The minimum atomic E-state index is -3.22. The van der Waals surface area contributed by atoms with Crippen LogP contribution in [0.15, 0.2) is 35.7 Å². The third-order valence-electron chi connectivity index (χ3n) is 2.70. The van der Waals surface area contributed by atoms with E-state index < -0.39 is 15.2 Å². The Balaban J connectivity index is 2.00. The van der Waals surface area contributed by atoms with E-state index in [-0.39, 0.29) is 11.7 Å². The van der Waals surface area contributed by atoms with Crippen LogP contribution in [0, 0.1) is 5.92 Å². The van der Waals surface area contributed by atoms with Crippen LogP contribution in [0.2, 0.25) is 0 Å². The summed E-state index contributed by atoms with van der Waals surface area (Å²) in [5.74, 6) is -0.102. The molecule has 18 heavy (non-hydrogen) atoms. The first-order valence-electron chi connectivity index (χ1n) is 5.66. The molecule has 0 saturated heterocycles. The summed E-state index contributed by atoms with van der Waals surface area (Å²) in [5.41, 5.74) is 3.52. The van der Waals surface area contributed by atoms with Crippen molar-refractivity contribution >= 4 is 22.1 Å². The van der Waals surface area contributed by atoms with Gasteiger partial charge in [-0.15, -0.1) is 0 Å². The molecule has 1 aromatic rings. The molecule has 2 heterocycles. The minimum Gasteiger partial charge on any atom is -0.291 e. The van der Waals surface area contributed by atoms with E-state index in [1.807, 2.05) is 19.1 Å². The number of hydrogen-bond acceptors (Lipinski definition) is 5. The quantitative estimate of drug-likeness (QED) is 0.883. The topological polar surface area (TPSA) is 71.4 Å². The monoisotopic (exact) mass is 265 g/mol. The van der Waals surface area contributed by atoms with Gasteiger partial charge in [0.25, 0.3) is 0 Å². The molecule has 0 aromatic carbocycles. The molecule has 2 unspecified atom stereocenters. The first kappa shape index (κ1) is 12.8. The highest BCUT2D eigenvalue weighted by molar-refractivity contribution is 7.92. The maximum atomic E-state index is 12.0. The smallest absolute Gasteiger partial charge is 0.176 e. The number of pyridine rings is 1. The Kier molecular flexibility index (Phi) is 3.76. The molecule has 0 bridgehead atoms. The van der Waals surface area contributed by atoms with Crippen molar-refractivity contribution in [3.63, 3.8) is 0 Å². The van der Waals surface area contributed by atoms with Crippen LogP contribution in [0.25, 0.3) is 6.08 Å². The van der Waals surface area contributed by atoms with Gasteiger partial charge in [-0.05, 0) is 11.6 Å². The summed E-state index contributed by atoms with van der Waals surface area (Å²) < 4.78 is 24.0. The van der Waals surface area contributed by atoms with E-state index in [0.717, 1.165) is 5.56 Å². The summed E-state index contributed by atoms with van der Waals surface area (Å²) in [6.07, 6.45) is 8.37. The molecule has 1 aliphatic rings. The van der Waals surface area contributed by atoms with Crippen molar-refractivity contribution < 1.29 is 8.42 Å². The molecular weight excluding hydrogens is 250 g/mol. The standard InChI is InChI=1S/C12H15N3O2S/c1-10-8-14-15-12(10)18(16,17)7-3-5-11-4-2-6-13-9-11/h2-6,8-10,12,15H,7H2,1H3. The highest BCUT2D eigenvalue weighted by Gasteiger charge is 2.31. The van der Waals surface area contributed by atoms with Gasteiger partial charge in [-0.3, -0.25) is 10.4 Å². The highest BCUT2D eigenvalue weighted by Crippen LogP contribution is 2.14. The van der Waals surface area contributed by atoms with Crippen LogP contribution in [0.3, 0.4) is 0 Å². The van der Waals surface area contributed by atoms with E-state index in [9.17, 15) is 8.42 Å². The molecule has 0 spiro atoms. The Morgan fingerprint density at radius 3 is 2.94 bits per heavy atom. The van der Waals surface area contributed by atoms with Crippen LogP contribution in [-0.2, 0) is 9.84 Å². The fourth-order valence-corrected chi connectivity index (χ4v) is 3.25. The average Bonchev–Trinajstić information content (AvgIpc) is 2.77. The summed E-state index contributed by atoms with van der Waals surface area (Å²) in [4.78, 5) is 3.96. The lowest BCUT2D eigenvalue weighted by Gasteiger charge is -2.13. The Hall–Kier alpha value is -1.69. The van der Waals surface area contributed by atoms with Gasteiger partial charge in [0.2, 0.25) is 0 Å². The summed E-state index contributed by atoms with van der Waals surface area (Å²) in [6, 6.07) is 3.68. The lowest BCUT2D eigenvalue weighted by atomic mass is 10.2. The second-order valence-corrected chi connectivity index (χ2v) is 6.37. The van der Waals surface area contributed by atoms with Crippen molar-refractivity contribution in [3.8, 4) is 0 Å². The predicted octanol–water partition coefficient (Wildman–Crippen LogP) is 1.06. The van der Waals surface area contributed by atoms with Crippen LogP contribution < -0.4 is 5.43 Å². The predicted molar refractivity (Wildman–Crippen MR) is 71.6 cm³/mol. The molecule has 2 atom stereocenters. The SMILES string of the molecule is CC1C=NNC1S(=O)(=O)CC=Cc1cccnc1. The summed E-state index contributed by atoms with van der Waals surface area (Å²) in [7, 11) is -3.22. The molecule has 6 heteroatoms. The molecule has 2 rings (SSSR count). The van der Waals surface area contributed by atoms with Crippen LogP contribution >= 0.6 is 0 Å². The van der Waals surface area contributed by atoms with E-state index in [0.29, 0.717) is 0 Å². The Labute approximate surface area is 107 Å². The van der Waals surface area contributed by atoms with Gasteiger partial charge < -0.3 is 0 Å². The van der Waals surface area contributed by atoms with Crippen molar-refractivity contribution in [2.24, 2.45) is 11.0 Å². The highest BCUT2D eigenvalue weighted by atomic mass is 32.2. The van der Waals surface area contributed by atoms with Crippen molar-refractivity contribution in [1.82, 2.24) is 10.4 Å². The molecule has 0 fully saturated rings. The van der Waals surface area contributed by atoms with Gasteiger partial charge in [-0.2, -0.15) is 5.10 Å². The second kappa shape index (κ2) is 5.30. The Morgan fingerprint density at radius 1 is 1.50 bits per heavy atom. The van der Waals surface area contributed by atoms with Gasteiger partial charge in [0, 0.05) is 24.5 Å². The molecule has 1 aromatic heterocycles. The van der Waals surface area contributed by atoms with Gasteiger partial charge in [-0.25, -0.2) is 8.42 Å². The summed E-state index contributed by atoms with van der Waals surface area (Å²) in [6.45, 7) is 1.83. The number of rotatable bonds is 4. The zero-order valence-corrected chi connectivity index (χ0v) is 10.8. The number of nitrogens with one attached hydrogen (secondary N) is 1. The van der Waals surface area contributed by atoms with Gasteiger partial charge >= 0.3 is 0 Å². The van der Waals surface area contributed by atoms with E-state index in [4.69, 9.17) is 0 Å². The Morgan fingerprint density at radius 2 is 2.33 bits per heavy atom. The maximum absolute atomic E-state index is 12.0. The zero-order chi connectivity index (χ0) is 13.0. The van der Waals surface area contributed by atoms with E-state index in [1.165, 1.54) is 0 Å². The van der Waals surface area contributed by atoms with Crippen LogP contribution in [0.1, 0.15) is 12.5 Å². The zero-order valence-electron chi connectivity index (χ0n) is 10.0. The Bertz CT molecular complexity index is 552. The van der Waals surface area contributed by atoms with E-state index >= 15 is 0 Å². The lowest BCUT2D eigenvalue weighted by Crippen LogP contribution is -2.36. The lowest BCUT2D eigenvalue weighted by molar-refractivity contribution is 0.546. The van der Waals surface area contributed by atoms with Crippen molar-refractivity contribution in [2.45, 2.75) is 12.3 Å². The molecular formula is C12H15N3O2S. The number of hydrogen-bond donors (Lipinski definition) is 1. The fourth-order valence-electron chi connectivity index (χ4n) is 1.73. The number of sulfone groups is 1. The molecule has 96 valence electrons. The first-order chi connectivity index (χ1) is 8.59. The van der Waals surface area contributed by atoms with E-state index in [2.05, 4.69) is 15.5 Å².